The Balaban J connectivity index is 1.10. The number of ether oxygens (including phenoxy) is 2. The molecule has 2 aromatic heterocycles. The van der Waals surface area contributed by atoms with Crippen LogP contribution in [0.1, 0.15) is 90.6 Å². The molecular formula is C47H56FN7O8. The molecule has 7 rings (SSSR count). The quantitative estimate of drug-likeness (QED) is 0.136. The Morgan fingerprint density at radius 1 is 0.841 bits per heavy atom. The van der Waals surface area contributed by atoms with Gasteiger partial charge in [-0.25, -0.2) is 19.0 Å². The van der Waals surface area contributed by atoms with Crippen molar-refractivity contribution in [3.05, 3.63) is 82.4 Å². The number of aromatic nitrogens is 2. The Morgan fingerprint density at radius 2 is 1.46 bits per heavy atom. The summed E-state index contributed by atoms with van der Waals surface area (Å²) in [6, 6.07) is 7.71. The second-order valence-corrected chi connectivity index (χ2v) is 17.3. The highest BCUT2D eigenvalue weighted by molar-refractivity contribution is 6.00. The number of likely N-dealkylation sites (tertiary alicyclic amines) is 2. The fraction of sp³-hybridized carbons (Fsp3) is 0.468. The number of amides is 4. The number of alkyl carbamates (subject to hydrolysis) is 2. The molecule has 5 unspecified atom stereocenters. The lowest BCUT2D eigenvalue weighted by Crippen LogP contribution is -2.54. The zero-order chi connectivity index (χ0) is 45.1. The highest BCUT2D eigenvalue weighted by Crippen LogP contribution is 2.35. The number of aromatic amines is 1. The van der Waals surface area contributed by atoms with E-state index >= 15 is 4.39 Å². The van der Waals surface area contributed by atoms with Crippen molar-refractivity contribution >= 4 is 46.4 Å². The number of aliphatic imine (C=N–C) groups is 1. The molecule has 15 nitrogen and oxygen atoms in total. The van der Waals surface area contributed by atoms with Gasteiger partial charge in [0.1, 0.15) is 35.6 Å². The average molecular weight is 866 g/mol. The van der Waals surface area contributed by atoms with Crippen molar-refractivity contribution in [1.82, 2.24) is 30.4 Å². The number of benzene rings is 2. The highest BCUT2D eigenvalue weighted by atomic mass is 19.1. The average Bonchev–Trinajstić information content (AvgIpc) is 4.05. The molecule has 0 aliphatic carbocycles. The van der Waals surface area contributed by atoms with Crippen LogP contribution in [0.2, 0.25) is 0 Å². The first-order valence-electron chi connectivity index (χ1n) is 21.7. The molecule has 3 aliphatic rings. The Labute approximate surface area is 365 Å². The maximum atomic E-state index is 16.1. The van der Waals surface area contributed by atoms with Crippen LogP contribution in [0.25, 0.3) is 39.1 Å². The number of H-pyrrole nitrogens is 1. The van der Waals surface area contributed by atoms with Crippen molar-refractivity contribution in [3.8, 4) is 22.4 Å². The van der Waals surface area contributed by atoms with Crippen molar-refractivity contribution in [2.45, 2.75) is 97.3 Å². The maximum absolute atomic E-state index is 16.1. The van der Waals surface area contributed by atoms with Crippen LogP contribution in [-0.4, -0.2) is 94.9 Å². The summed E-state index contributed by atoms with van der Waals surface area (Å²) < 4.78 is 31.7. The Bertz CT molecular complexity index is 2510. The van der Waals surface area contributed by atoms with E-state index in [4.69, 9.17) is 18.9 Å². The molecule has 4 aromatic rings. The van der Waals surface area contributed by atoms with Crippen LogP contribution in [0.15, 0.2) is 69.1 Å². The van der Waals surface area contributed by atoms with Gasteiger partial charge in [0.2, 0.25) is 17.2 Å². The van der Waals surface area contributed by atoms with Crippen LogP contribution >= 0.6 is 0 Å². The minimum absolute atomic E-state index is 0.0552. The van der Waals surface area contributed by atoms with E-state index in [1.54, 1.807) is 41.4 Å². The minimum Gasteiger partial charge on any atom is -0.463 e. The molecule has 0 saturated carbocycles. The van der Waals surface area contributed by atoms with Crippen molar-refractivity contribution in [2.24, 2.45) is 22.7 Å². The lowest BCUT2D eigenvalue weighted by Gasteiger charge is -2.33. The first kappa shape index (κ1) is 44.7. The third-order valence-electron chi connectivity index (χ3n) is 12.4. The minimum atomic E-state index is -0.757. The molecule has 2 fully saturated rings. The van der Waals surface area contributed by atoms with Gasteiger partial charge in [0.25, 0.3) is 0 Å². The maximum Gasteiger partial charge on any atom is 0.407 e. The number of halogens is 1. The molecule has 2 saturated heterocycles. The summed E-state index contributed by atoms with van der Waals surface area (Å²) in [4.78, 5) is 82.1. The molecule has 5 atom stereocenters. The number of nitrogens with zero attached hydrogens (tertiary/aromatic N) is 4. The monoisotopic (exact) mass is 865 g/mol. The fourth-order valence-electron chi connectivity index (χ4n) is 8.93. The van der Waals surface area contributed by atoms with E-state index in [1.807, 2.05) is 38.7 Å². The summed E-state index contributed by atoms with van der Waals surface area (Å²) in [6.45, 7) is 10.6. The van der Waals surface area contributed by atoms with E-state index in [-0.39, 0.29) is 58.2 Å². The lowest BCUT2D eigenvalue weighted by molar-refractivity contribution is -0.135. The van der Waals surface area contributed by atoms with Crippen molar-refractivity contribution < 1.29 is 37.5 Å². The number of hydrogen-bond donors (Lipinski definition) is 3. The predicted octanol–water partition coefficient (Wildman–Crippen LogP) is 7.62. The Hall–Kier alpha value is -6.32. The van der Waals surface area contributed by atoms with Gasteiger partial charge in [0.05, 0.1) is 54.8 Å². The molecule has 2 aromatic carbocycles. The summed E-state index contributed by atoms with van der Waals surface area (Å²) in [5.74, 6) is -0.681. The molecular weight excluding hydrogens is 810 g/mol. The largest absolute Gasteiger partial charge is 0.463 e. The van der Waals surface area contributed by atoms with E-state index in [9.17, 15) is 24.0 Å². The van der Waals surface area contributed by atoms with Crippen LogP contribution in [0.5, 0.6) is 0 Å². The topological polar surface area (TPSA) is 189 Å². The van der Waals surface area contributed by atoms with Gasteiger partial charge in [0, 0.05) is 35.5 Å². The number of fused-ring (bicyclic) bond motifs is 1. The summed E-state index contributed by atoms with van der Waals surface area (Å²) in [7, 11) is 2.53. The Kier molecular flexibility index (Phi) is 13.5. The SMILES string of the molecule is COC(=O)NC(C(=O)N1CCCC1C1=NC(c2ccc(-c3coc4cc(-c5cnc(C6CCCN6C(=O)C(NC(=O)OC)C(C)C)[nH]5)ccc4c3=O)c(F)c2)=CCCC1C)C(C)C. The number of carbonyl (C=O) groups excluding carboxylic acids is 4. The van der Waals surface area contributed by atoms with Gasteiger partial charge < -0.3 is 39.3 Å². The van der Waals surface area contributed by atoms with Crippen LogP contribution in [0.4, 0.5) is 14.0 Å². The first-order valence-corrected chi connectivity index (χ1v) is 21.7. The highest BCUT2D eigenvalue weighted by Gasteiger charge is 2.40. The first-order chi connectivity index (χ1) is 30.2. The van der Waals surface area contributed by atoms with Gasteiger partial charge >= 0.3 is 12.2 Å². The zero-order valence-electron chi connectivity index (χ0n) is 36.8. The van der Waals surface area contributed by atoms with Gasteiger partial charge in [0.15, 0.2) is 0 Å². The molecule has 3 aliphatic heterocycles. The van der Waals surface area contributed by atoms with Crippen molar-refractivity contribution in [1.29, 1.82) is 0 Å². The van der Waals surface area contributed by atoms with Crippen LogP contribution in [0, 0.1) is 23.6 Å². The number of nitrogens with one attached hydrogen (secondary N) is 3. The number of hydrogen-bond acceptors (Lipinski definition) is 10. The van der Waals surface area contributed by atoms with Gasteiger partial charge in [-0.2, -0.15) is 0 Å². The van der Waals surface area contributed by atoms with Gasteiger partial charge in [-0.15, -0.1) is 0 Å². The van der Waals surface area contributed by atoms with Crippen molar-refractivity contribution in [3.63, 3.8) is 0 Å². The van der Waals surface area contributed by atoms with Gasteiger partial charge in [-0.1, -0.05) is 58.9 Å². The number of carbonyl (C=O) groups is 4. The Morgan fingerprint density at radius 3 is 2.08 bits per heavy atom. The number of rotatable bonds is 11. The summed E-state index contributed by atoms with van der Waals surface area (Å²) in [6.07, 6.45) is 8.07. The third-order valence-corrected chi connectivity index (χ3v) is 12.4. The fourth-order valence-corrected chi connectivity index (χ4v) is 8.93. The molecule has 3 N–H and O–H groups in total. The second kappa shape index (κ2) is 19.0. The van der Waals surface area contributed by atoms with E-state index in [1.165, 1.54) is 26.5 Å². The molecule has 4 amide bonds. The normalized spacial score (nSPS) is 20.0. The molecule has 5 heterocycles. The molecule has 0 radical (unpaired) electrons. The van der Waals surface area contributed by atoms with E-state index in [0.29, 0.717) is 59.9 Å². The molecule has 334 valence electrons. The number of imidazole rings is 1. The third kappa shape index (κ3) is 9.25. The molecule has 16 heteroatoms. The molecule has 0 spiro atoms. The van der Waals surface area contributed by atoms with Crippen molar-refractivity contribution in [2.75, 3.05) is 27.3 Å². The predicted molar refractivity (Wildman–Crippen MR) is 236 cm³/mol. The molecule has 0 bridgehead atoms. The molecule has 63 heavy (non-hydrogen) atoms. The lowest BCUT2D eigenvalue weighted by atomic mass is 9.92. The number of methoxy groups -OCH3 is 2. The zero-order valence-corrected chi connectivity index (χ0v) is 36.8. The summed E-state index contributed by atoms with van der Waals surface area (Å²) in [5.41, 5.74) is 3.41. The second-order valence-electron chi connectivity index (χ2n) is 17.3. The van der Waals surface area contributed by atoms with Crippen LogP contribution < -0.4 is 16.1 Å². The van der Waals surface area contributed by atoms with Gasteiger partial charge in [-0.3, -0.25) is 19.4 Å². The van der Waals surface area contributed by atoms with E-state index in [0.717, 1.165) is 31.4 Å². The van der Waals surface area contributed by atoms with Crippen LogP contribution in [0.3, 0.4) is 0 Å². The van der Waals surface area contributed by atoms with E-state index in [2.05, 4.69) is 27.5 Å². The van der Waals surface area contributed by atoms with E-state index < -0.39 is 35.5 Å². The smallest absolute Gasteiger partial charge is 0.407 e. The van der Waals surface area contributed by atoms with Gasteiger partial charge in [-0.05, 0) is 74.5 Å². The number of allylic oxidation sites excluding steroid dienone is 1. The summed E-state index contributed by atoms with van der Waals surface area (Å²) >= 11 is 0. The summed E-state index contributed by atoms with van der Waals surface area (Å²) in [5, 5.41) is 5.63. The van der Waals surface area contributed by atoms with Crippen LogP contribution in [-0.2, 0) is 19.1 Å². The standard InChI is InChI=1S/C47H56FN7O8/c1-25(2)39(52-46(59)61-6)44(57)54-19-9-13-36(54)41-27(5)11-8-12-34(50-41)28-15-17-30(33(48)21-28)32-24-63-38-22-29(16-18-31(38)42(32)56)35-23-49-43(51-35)37-14-10-20-55(37)45(58)40(26(3)4)53-47(60)62-7/h12,15-18,21-27,36-37,39-40H,8-11,13-14,19-20H2,1-7H3,(H,49,51)(H,52,59)(H,53,60).